The van der Waals surface area contributed by atoms with Crippen molar-refractivity contribution in [2.75, 3.05) is 26.7 Å². The number of aliphatic hydroxyl groups excluding tert-OH is 1. The summed E-state index contributed by atoms with van der Waals surface area (Å²) in [5.41, 5.74) is 0.296. The van der Waals surface area contributed by atoms with Crippen LogP contribution < -0.4 is 4.74 Å². The lowest BCUT2D eigenvalue weighted by Crippen LogP contribution is -2.41. The van der Waals surface area contributed by atoms with Crippen LogP contribution in [0.3, 0.4) is 0 Å². The molecule has 2 aromatic carbocycles. The van der Waals surface area contributed by atoms with Crippen molar-refractivity contribution >= 4 is 28.5 Å². The molecule has 2 heterocycles. The lowest BCUT2D eigenvalue weighted by Gasteiger charge is -2.41. The van der Waals surface area contributed by atoms with Gasteiger partial charge in [-0.15, -0.1) is 0 Å². The third-order valence-corrected chi connectivity index (χ3v) is 7.61. The number of carboxylic acids is 1. The molecule has 4 rings (SSSR count). The average Bonchev–Trinajstić information content (AvgIpc) is 2.90. The fourth-order valence-electron chi connectivity index (χ4n) is 5.14. The van der Waals surface area contributed by atoms with Crippen LogP contribution in [0.25, 0.3) is 10.9 Å². The SMILES string of the molecule is COc1ccc2ncc(Cl)c(C(O)CCC3(CC(=O)O)CCN(CC#Cc4cc(F)cc(F)c4F)CC3)c2c1. The Bertz CT molecular complexity index is 1430. The van der Waals surface area contributed by atoms with Crippen LogP contribution in [-0.2, 0) is 4.79 Å². The minimum atomic E-state index is -1.29. The van der Waals surface area contributed by atoms with Crippen LogP contribution in [0.15, 0.2) is 36.5 Å². The number of halogens is 4. The molecule has 10 heteroatoms. The molecule has 0 bridgehead atoms. The molecular formula is C29H28ClF3N2O4. The Labute approximate surface area is 229 Å². The predicted octanol–water partition coefficient (Wildman–Crippen LogP) is 5.74. The van der Waals surface area contributed by atoms with Gasteiger partial charge in [0.2, 0.25) is 0 Å². The number of carbonyl (C=O) groups is 1. The van der Waals surface area contributed by atoms with Gasteiger partial charge in [0.1, 0.15) is 11.6 Å². The Morgan fingerprint density at radius 3 is 2.67 bits per heavy atom. The second-order valence-electron chi connectivity index (χ2n) is 9.85. The summed E-state index contributed by atoms with van der Waals surface area (Å²) in [6, 6.07) is 6.63. The molecule has 1 aliphatic rings. The summed E-state index contributed by atoms with van der Waals surface area (Å²) < 4.78 is 45.9. The fraction of sp³-hybridized carbons (Fsp3) is 0.379. The first-order valence-electron chi connectivity index (χ1n) is 12.5. The average molecular weight is 561 g/mol. The van der Waals surface area contributed by atoms with E-state index >= 15 is 0 Å². The molecule has 2 N–H and O–H groups in total. The highest BCUT2D eigenvalue weighted by Crippen LogP contribution is 2.43. The molecule has 0 amide bonds. The number of hydrogen-bond donors (Lipinski definition) is 2. The monoisotopic (exact) mass is 560 g/mol. The fourth-order valence-corrected chi connectivity index (χ4v) is 5.41. The van der Waals surface area contributed by atoms with Gasteiger partial charge in [0.15, 0.2) is 11.6 Å². The predicted molar refractivity (Wildman–Crippen MR) is 141 cm³/mol. The first-order chi connectivity index (χ1) is 18.6. The van der Waals surface area contributed by atoms with Crippen molar-refractivity contribution in [1.29, 1.82) is 0 Å². The molecule has 3 aromatic rings. The third-order valence-electron chi connectivity index (χ3n) is 7.31. The maximum absolute atomic E-state index is 13.8. The smallest absolute Gasteiger partial charge is 0.303 e. The second-order valence-corrected chi connectivity index (χ2v) is 10.3. The number of rotatable bonds is 8. The van der Waals surface area contributed by atoms with Crippen molar-refractivity contribution in [2.45, 2.75) is 38.2 Å². The highest BCUT2D eigenvalue weighted by molar-refractivity contribution is 6.32. The maximum atomic E-state index is 13.8. The number of fused-ring (bicyclic) bond motifs is 1. The highest BCUT2D eigenvalue weighted by atomic mass is 35.5. The normalized spacial score (nSPS) is 15.9. The zero-order chi connectivity index (χ0) is 28.2. The van der Waals surface area contributed by atoms with Gasteiger partial charge in [0.05, 0.1) is 42.3 Å². The number of hydrogen-bond acceptors (Lipinski definition) is 5. The molecule has 1 aromatic heterocycles. The molecule has 0 saturated carbocycles. The molecule has 6 nitrogen and oxygen atoms in total. The van der Waals surface area contributed by atoms with Gasteiger partial charge < -0.3 is 14.9 Å². The lowest BCUT2D eigenvalue weighted by atomic mass is 9.71. The van der Waals surface area contributed by atoms with Crippen molar-refractivity contribution < 1.29 is 32.9 Å². The van der Waals surface area contributed by atoms with E-state index in [4.69, 9.17) is 16.3 Å². The molecule has 206 valence electrons. The molecule has 0 radical (unpaired) electrons. The van der Waals surface area contributed by atoms with Gasteiger partial charge in [-0.3, -0.25) is 14.7 Å². The maximum Gasteiger partial charge on any atom is 0.303 e. The summed E-state index contributed by atoms with van der Waals surface area (Å²) in [5, 5.41) is 21.8. The van der Waals surface area contributed by atoms with Crippen molar-refractivity contribution in [2.24, 2.45) is 5.41 Å². The number of methoxy groups -OCH3 is 1. The Morgan fingerprint density at radius 2 is 1.97 bits per heavy atom. The number of nitrogens with zero attached hydrogens (tertiary/aromatic N) is 2. The van der Waals surface area contributed by atoms with E-state index in [-0.39, 0.29) is 18.5 Å². The van der Waals surface area contributed by atoms with Crippen molar-refractivity contribution in [1.82, 2.24) is 9.88 Å². The summed E-state index contributed by atoms with van der Waals surface area (Å²) in [4.78, 5) is 18.0. The summed E-state index contributed by atoms with van der Waals surface area (Å²) in [7, 11) is 1.54. The number of piperidine rings is 1. The molecule has 1 saturated heterocycles. The number of pyridine rings is 1. The van der Waals surface area contributed by atoms with Crippen LogP contribution in [0.4, 0.5) is 13.2 Å². The van der Waals surface area contributed by atoms with Gasteiger partial charge in [-0.25, -0.2) is 13.2 Å². The molecule has 1 atom stereocenters. The van der Waals surface area contributed by atoms with E-state index in [2.05, 4.69) is 16.8 Å². The van der Waals surface area contributed by atoms with Crippen LogP contribution in [-0.4, -0.2) is 52.8 Å². The number of ether oxygens (including phenoxy) is 1. The summed E-state index contributed by atoms with van der Waals surface area (Å²) in [6.45, 7) is 1.31. The number of benzene rings is 2. The van der Waals surface area contributed by atoms with Crippen molar-refractivity contribution in [3.63, 3.8) is 0 Å². The molecule has 0 aliphatic carbocycles. The molecule has 39 heavy (non-hydrogen) atoms. The van der Waals surface area contributed by atoms with E-state index in [1.54, 1.807) is 25.3 Å². The minimum Gasteiger partial charge on any atom is -0.497 e. The topological polar surface area (TPSA) is 82.9 Å². The molecular weight excluding hydrogens is 533 g/mol. The first-order valence-corrected chi connectivity index (χ1v) is 12.9. The number of aromatic nitrogens is 1. The Balaban J connectivity index is 1.44. The zero-order valence-corrected chi connectivity index (χ0v) is 22.1. The van der Waals surface area contributed by atoms with E-state index in [0.717, 1.165) is 6.07 Å². The van der Waals surface area contributed by atoms with Crippen LogP contribution in [0.5, 0.6) is 5.75 Å². The number of likely N-dealkylation sites (tertiary alicyclic amines) is 1. The molecule has 1 aliphatic heterocycles. The molecule has 1 fully saturated rings. The van der Waals surface area contributed by atoms with Crippen LogP contribution in [0.2, 0.25) is 5.02 Å². The quantitative estimate of drug-likeness (QED) is 0.270. The van der Waals surface area contributed by atoms with E-state index < -0.39 is 34.9 Å². The third kappa shape index (κ3) is 6.82. The highest BCUT2D eigenvalue weighted by Gasteiger charge is 2.37. The summed E-state index contributed by atoms with van der Waals surface area (Å²) in [6.07, 6.45) is 2.36. The minimum absolute atomic E-state index is 0.0499. The zero-order valence-electron chi connectivity index (χ0n) is 21.3. The van der Waals surface area contributed by atoms with Crippen LogP contribution in [0.1, 0.15) is 49.3 Å². The van der Waals surface area contributed by atoms with E-state index in [9.17, 15) is 28.2 Å². The Kier molecular flexibility index (Phi) is 9.01. The van der Waals surface area contributed by atoms with Crippen LogP contribution in [0, 0.1) is 34.7 Å². The second kappa shape index (κ2) is 12.2. The standard InChI is InChI=1S/C29H28ClF3N2O4/c1-39-20-4-5-24-21(15-20)27(22(30)17-34-24)25(36)6-7-29(16-26(37)38)8-11-35(12-9-29)10-2-3-18-13-19(31)14-23(32)28(18)33/h4-5,13-15,17,25,36H,6-12,16H2,1H3,(H,37,38). The van der Waals surface area contributed by atoms with E-state index in [1.165, 1.54) is 6.20 Å². The Morgan fingerprint density at radius 1 is 1.23 bits per heavy atom. The number of carboxylic acid groups (broad SMARTS) is 1. The lowest BCUT2D eigenvalue weighted by molar-refractivity contribution is -0.141. The van der Waals surface area contributed by atoms with E-state index in [1.807, 2.05) is 4.90 Å². The summed E-state index contributed by atoms with van der Waals surface area (Å²) >= 11 is 6.43. The van der Waals surface area contributed by atoms with Crippen molar-refractivity contribution in [3.8, 4) is 17.6 Å². The van der Waals surface area contributed by atoms with Crippen molar-refractivity contribution in [3.05, 3.63) is 70.1 Å². The Hall–Kier alpha value is -3.32. The number of aliphatic carboxylic acids is 1. The van der Waals surface area contributed by atoms with Gasteiger partial charge >= 0.3 is 5.97 Å². The van der Waals surface area contributed by atoms with Gasteiger partial charge in [-0.05, 0) is 68.5 Å². The van der Waals surface area contributed by atoms with Gasteiger partial charge in [-0.2, -0.15) is 0 Å². The van der Waals surface area contributed by atoms with Crippen LogP contribution >= 0.6 is 11.6 Å². The number of aliphatic hydroxyl groups is 1. The van der Waals surface area contributed by atoms with Gasteiger partial charge in [0.25, 0.3) is 0 Å². The van der Waals surface area contributed by atoms with E-state index in [0.29, 0.717) is 72.1 Å². The summed E-state index contributed by atoms with van der Waals surface area (Å²) in [5.74, 6) is 1.53. The molecule has 0 spiro atoms. The largest absolute Gasteiger partial charge is 0.497 e. The molecule has 1 unspecified atom stereocenters. The van der Waals surface area contributed by atoms with Gasteiger partial charge in [0, 0.05) is 23.2 Å². The van der Waals surface area contributed by atoms with Gasteiger partial charge in [-0.1, -0.05) is 23.4 Å². The first kappa shape index (κ1) is 28.7.